The standard InChI is InChI=1S/C11H12N2/c1-3-4-9-5-6-10-11(7-9)13-8(2)12-10/h3,5-7H,1,4H2,2H3,(H,12,13). The molecule has 0 fully saturated rings. The van der Waals surface area contributed by atoms with Gasteiger partial charge in [-0.3, -0.25) is 0 Å². The van der Waals surface area contributed by atoms with Gasteiger partial charge in [-0.05, 0) is 31.0 Å². The quantitative estimate of drug-likeness (QED) is 0.693. The zero-order valence-electron chi connectivity index (χ0n) is 7.67. The number of allylic oxidation sites excluding steroid dienone is 1. The predicted octanol–water partition coefficient (Wildman–Crippen LogP) is 2.60. The summed E-state index contributed by atoms with van der Waals surface area (Å²) in [4.78, 5) is 7.56. The topological polar surface area (TPSA) is 28.7 Å². The Hall–Kier alpha value is -1.57. The normalized spacial score (nSPS) is 10.5. The van der Waals surface area contributed by atoms with Crippen LogP contribution in [0.5, 0.6) is 0 Å². The molecule has 1 aromatic carbocycles. The van der Waals surface area contributed by atoms with Crippen molar-refractivity contribution < 1.29 is 0 Å². The van der Waals surface area contributed by atoms with Crippen LogP contribution < -0.4 is 0 Å². The average Bonchev–Trinajstić information content (AvgIpc) is 2.44. The molecule has 0 aliphatic carbocycles. The van der Waals surface area contributed by atoms with Gasteiger partial charge in [-0.1, -0.05) is 12.1 Å². The third kappa shape index (κ3) is 1.47. The fourth-order valence-corrected chi connectivity index (χ4v) is 1.47. The molecule has 0 amide bonds. The fourth-order valence-electron chi connectivity index (χ4n) is 1.47. The number of hydrogen-bond donors (Lipinski definition) is 1. The van der Waals surface area contributed by atoms with Crippen LogP contribution >= 0.6 is 0 Å². The number of rotatable bonds is 2. The third-order valence-corrected chi connectivity index (χ3v) is 2.05. The van der Waals surface area contributed by atoms with Crippen LogP contribution in [0.4, 0.5) is 0 Å². The van der Waals surface area contributed by atoms with E-state index in [1.165, 1.54) is 5.56 Å². The van der Waals surface area contributed by atoms with Crippen LogP contribution in [0.1, 0.15) is 11.4 Å². The third-order valence-electron chi connectivity index (χ3n) is 2.05. The van der Waals surface area contributed by atoms with Crippen LogP contribution in [-0.4, -0.2) is 9.97 Å². The van der Waals surface area contributed by atoms with Crippen LogP contribution in [-0.2, 0) is 6.42 Å². The molecule has 0 bridgehead atoms. The lowest BCUT2D eigenvalue weighted by molar-refractivity contribution is 1.17. The number of H-pyrrole nitrogens is 1. The summed E-state index contributed by atoms with van der Waals surface area (Å²) in [5.74, 6) is 0.964. The average molecular weight is 172 g/mol. The van der Waals surface area contributed by atoms with Gasteiger partial charge in [0.1, 0.15) is 5.82 Å². The molecule has 2 rings (SSSR count). The highest BCUT2D eigenvalue weighted by molar-refractivity contribution is 5.75. The first kappa shape index (κ1) is 8.05. The highest BCUT2D eigenvalue weighted by atomic mass is 14.9. The lowest BCUT2D eigenvalue weighted by atomic mass is 10.1. The van der Waals surface area contributed by atoms with E-state index in [1.807, 2.05) is 13.0 Å². The van der Waals surface area contributed by atoms with Crippen LogP contribution in [0.25, 0.3) is 11.0 Å². The first-order valence-electron chi connectivity index (χ1n) is 4.36. The molecule has 0 saturated carbocycles. The van der Waals surface area contributed by atoms with Crippen molar-refractivity contribution in [1.82, 2.24) is 9.97 Å². The Bertz CT molecular complexity index is 440. The monoisotopic (exact) mass is 172 g/mol. The first-order chi connectivity index (χ1) is 6.29. The number of nitrogens with zero attached hydrogens (tertiary/aromatic N) is 1. The molecular formula is C11H12N2. The summed E-state index contributed by atoms with van der Waals surface area (Å²) >= 11 is 0. The van der Waals surface area contributed by atoms with Gasteiger partial charge in [-0.15, -0.1) is 6.58 Å². The van der Waals surface area contributed by atoms with Crippen molar-refractivity contribution in [3.63, 3.8) is 0 Å². The molecule has 2 aromatic rings. The molecule has 2 nitrogen and oxygen atoms in total. The Balaban J connectivity index is 2.54. The van der Waals surface area contributed by atoms with Gasteiger partial charge < -0.3 is 4.98 Å². The molecule has 0 atom stereocenters. The SMILES string of the molecule is C=CCc1ccc2[nH]c(C)nc2c1. The molecule has 0 unspecified atom stereocenters. The predicted molar refractivity (Wildman–Crippen MR) is 54.7 cm³/mol. The lowest BCUT2D eigenvalue weighted by Crippen LogP contribution is -1.79. The van der Waals surface area contributed by atoms with Crippen LogP contribution in [0, 0.1) is 6.92 Å². The summed E-state index contributed by atoms with van der Waals surface area (Å²) in [6, 6.07) is 6.26. The van der Waals surface area contributed by atoms with E-state index in [0.717, 1.165) is 23.3 Å². The number of nitrogens with one attached hydrogen (secondary N) is 1. The lowest BCUT2D eigenvalue weighted by Gasteiger charge is -1.94. The minimum Gasteiger partial charge on any atom is -0.342 e. The van der Waals surface area contributed by atoms with Gasteiger partial charge in [0.05, 0.1) is 11.0 Å². The van der Waals surface area contributed by atoms with E-state index in [-0.39, 0.29) is 0 Å². The summed E-state index contributed by atoms with van der Waals surface area (Å²) in [7, 11) is 0. The highest BCUT2D eigenvalue weighted by Gasteiger charge is 1.98. The summed E-state index contributed by atoms with van der Waals surface area (Å²) in [5, 5.41) is 0. The summed E-state index contributed by atoms with van der Waals surface area (Å²) < 4.78 is 0. The molecule has 1 N–H and O–H groups in total. The van der Waals surface area contributed by atoms with E-state index >= 15 is 0 Å². The number of hydrogen-bond acceptors (Lipinski definition) is 1. The van der Waals surface area contributed by atoms with Crippen LogP contribution in [0.3, 0.4) is 0 Å². The van der Waals surface area contributed by atoms with E-state index in [4.69, 9.17) is 0 Å². The van der Waals surface area contributed by atoms with Crippen LogP contribution in [0.2, 0.25) is 0 Å². The summed E-state index contributed by atoms with van der Waals surface area (Å²) in [5.41, 5.74) is 3.40. The molecule has 1 aromatic heterocycles. The summed E-state index contributed by atoms with van der Waals surface area (Å²) in [6.07, 6.45) is 2.81. The molecule has 0 spiro atoms. The minimum absolute atomic E-state index is 0.905. The van der Waals surface area contributed by atoms with Crippen molar-refractivity contribution in [3.8, 4) is 0 Å². The minimum atomic E-state index is 0.905. The number of fused-ring (bicyclic) bond motifs is 1. The molecular weight excluding hydrogens is 160 g/mol. The van der Waals surface area contributed by atoms with Gasteiger partial charge in [-0.25, -0.2) is 4.98 Å². The molecule has 1 heterocycles. The Kier molecular flexibility index (Phi) is 1.89. The Morgan fingerprint density at radius 2 is 2.38 bits per heavy atom. The molecule has 2 heteroatoms. The maximum absolute atomic E-state index is 4.37. The van der Waals surface area contributed by atoms with Crippen molar-refractivity contribution in [2.75, 3.05) is 0 Å². The zero-order valence-corrected chi connectivity index (χ0v) is 7.67. The summed E-state index contributed by atoms with van der Waals surface area (Å²) in [6.45, 7) is 5.68. The second-order valence-corrected chi connectivity index (χ2v) is 3.17. The second-order valence-electron chi connectivity index (χ2n) is 3.17. The van der Waals surface area contributed by atoms with E-state index in [0.29, 0.717) is 0 Å². The van der Waals surface area contributed by atoms with Gasteiger partial charge >= 0.3 is 0 Å². The molecule has 0 aliphatic heterocycles. The molecule has 0 saturated heterocycles. The number of aryl methyl sites for hydroxylation is 1. The van der Waals surface area contributed by atoms with Crippen molar-refractivity contribution in [2.45, 2.75) is 13.3 Å². The van der Waals surface area contributed by atoms with Crippen LogP contribution in [0.15, 0.2) is 30.9 Å². The maximum atomic E-state index is 4.37. The number of imidazole rings is 1. The fraction of sp³-hybridized carbons (Fsp3) is 0.182. The van der Waals surface area contributed by atoms with E-state index in [1.54, 1.807) is 0 Å². The van der Waals surface area contributed by atoms with Gasteiger partial charge in [0.15, 0.2) is 0 Å². The molecule has 13 heavy (non-hydrogen) atoms. The largest absolute Gasteiger partial charge is 0.342 e. The van der Waals surface area contributed by atoms with E-state index < -0.39 is 0 Å². The van der Waals surface area contributed by atoms with Crippen molar-refractivity contribution in [2.24, 2.45) is 0 Å². The molecule has 66 valence electrons. The van der Waals surface area contributed by atoms with Gasteiger partial charge in [0, 0.05) is 0 Å². The van der Waals surface area contributed by atoms with Gasteiger partial charge in [0.2, 0.25) is 0 Å². The first-order valence-corrected chi connectivity index (χ1v) is 4.36. The second kappa shape index (κ2) is 3.05. The number of benzene rings is 1. The van der Waals surface area contributed by atoms with Crippen molar-refractivity contribution >= 4 is 11.0 Å². The maximum Gasteiger partial charge on any atom is 0.104 e. The smallest absolute Gasteiger partial charge is 0.104 e. The Labute approximate surface area is 77.3 Å². The van der Waals surface area contributed by atoms with Crippen molar-refractivity contribution in [3.05, 3.63) is 42.2 Å². The highest BCUT2D eigenvalue weighted by Crippen LogP contribution is 2.13. The van der Waals surface area contributed by atoms with E-state index in [2.05, 4.69) is 34.7 Å². The molecule has 0 aliphatic rings. The van der Waals surface area contributed by atoms with Crippen molar-refractivity contribution in [1.29, 1.82) is 0 Å². The number of aromatic nitrogens is 2. The van der Waals surface area contributed by atoms with Gasteiger partial charge in [-0.2, -0.15) is 0 Å². The van der Waals surface area contributed by atoms with Gasteiger partial charge in [0.25, 0.3) is 0 Å². The Morgan fingerprint density at radius 1 is 1.54 bits per heavy atom. The zero-order chi connectivity index (χ0) is 9.26. The Morgan fingerprint density at radius 3 is 3.15 bits per heavy atom. The molecule has 0 radical (unpaired) electrons. The number of aromatic amines is 1. The van der Waals surface area contributed by atoms with E-state index in [9.17, 15) is 0 Å².